The first-order valence-electron chi connectivity index (χ1n) is 5.47. The van der Waals surface area contributed by atoms with Crippen molar-refractivity contribution in [3.63, 3.8) is 0 Å². The number of halogens is 3. The van der Waals surface area contributed by atoms with E-state index in [1.807, 2.05) is 12.1 Å². The number of hydrogen-bond donors (Lipinski definition) is 2. The van der Waals surface area contributed by atoms with E-state index in [1.165, 1.54) is 12.4 Å². The van der Waals surface area contributed by atoms with Crippen LogP contribution in [-0.2, 0) is 0 Å². The molecule has 5 nitrogen and oxygen atoms in total. The largest absolute Gasteiger partial charge is 0.372 e. The van der Waals surface area contributed by atoms with Crippen molar-refractivity contribution in [3.8, 4) is 0 Å². The molecule has 0 fully saturated rings. The number of hydrogen-bond acceptors (Lipinski definition) is 4. The van der Waals surface area contributed by atoms with E-state index in [9.17, 15) is 4.79 Å². The van der Waals surface area contributed by atoms with Crippen molar-refractivity contribution in [3.05, 3.63) is 43.6 Å². The zero-order valence-electron chi connectivity index (χ0n) is 10.2. The van der Waals surface area contributed by atoms with Crippen molar-refractivity contribution in [2.45, 2.75) is 0 Å². The van der Waals surface area contributed by atoms with Crippen LogP contribution in [0.5, 0.6) is 0 Å². The molecular weight excluding hydrogens is 456 g/mol. The summed E-state index contributed by atoms with van der Waals surface area (Å²) in [6.07, 6.45) is 2.92. The first-order valence-corrected chi connectivity index (χ1v) is 7.85. The van der Waals surface area contributed by atoms with Crippen molar-refractivity contribution in [1.29, 1.82) is 0 Å². The Morgan fingerprint density at radius 3 is 2.25 bits per heavy atom. The number of nitrogens with zero attached hydrogens (tertiary/aromatic N) is 2. The highest BCUT2D eigenvalue weighted by atomic mass is 79.9. The van der Waals surface area contributed by atoms with Crippen LogP contribution in [0.1, 0.15) is 10.5 Å². The van der Waals surface area contributed by atoms with E-state index in [2.05, 4.69) is 68.4 Å². The Hall–Kier alpha value is -0.990. The van der Waals surface area contributed by atoms with Crippen molar-refractivity contribution in [2.75, 3.05) is 17.7 Å². The van der Waals surface area contributed by atoms with Gasteiger partial charge in [-0.25, -0.2) is 9.97 Å². The maximum absolute atomic E-state index is 12.1. The molecule has 0 aliphatic carbocycles. The number of carbonyl (C=O) groups is 1. The molecule has 1 aromatic carbocycles. The van der Waals surface area contributed by atoms with E-state index >= 15 is 0 Å². The van der Waals surface area contributed by atoms with Crippen LogP contribution in [0.3, 0.4) is 0 Å². The van der Waals surface area contributed by atoms with E-state index in [0.717, 1.165) is 13.4 Å². The molecule has 1 amide bonds. The van der Waals surface area contributed by atoms with Crippen LogP contribution >= 0.6 is 47.8 Å². The van der Waals surface area contributed by atoms with Gasteiger partial charge in [0.1, 0.15) is 11.5 Å². The number of rotatable bonds is 3. The second-order valence-corrected chi connectivity index (χ2v) is 6.36. The summed E-state index contributed by atoms with van der Waals surface area (Å²) < 4.78 is 2.41. The van der Waals surface area contributed by atoms with Gasteiger partial charge in [-0.05, 0) is 44.0 Å². The Bertz CT molecular complexity index is 623. The molecule has 20 heavy (non-hydrogen) atoms. The molecule has 0 bridgehead atoms. The molecule has 2 N–H and O–H groups in total. The predicted molar refractivity (Wildman–Crippen MR) is 89.1 cm³/mol. The third kappa shape index (κ3) is 3.56. The fraction of sp³-hybridized carbons (Fsp3) is 0.0833. The minimum Gasteiger partial charge on any atom is -0.372 e. The van der Waals surface area contributed by atoms with Gasteiger partial charge in [-0.15, -0.1) is 0 Å². The van der Waals surface area contributed by atoms with Gasteiger partial charge < -0.3 is 10.6 Å². The van der Waals surface area contributed by atoms with Gasteiger partial charge >= 0.3 is 0 Å². The molecule has 0 aliphatic heterocycles. The van der Waals surface area contributed by atoms with Gasteiger partial charge in [-0.2, -0.15) is 0 Å². The molecule has 0 aliphatic rings. The first-order chi connectivity index (χ1) is 9.51. The normalized spacial score (nSPS) is 10.2. The quantitative estimate of drug-likeness (QED) is 0.719. The van der Waals surface area contributed by atoms with Crippen molar-refractivity contribution in [2.24, 2.45) is 0 Å². The molecule has 8 heteroatoms. The smallest absolute Gasteiger partial charge is 0.275 e. The summed E-state index contributed by atoms with van der Waals surface area (Å²) in [6.45, 7) is 0. The van der Waals surface area contributed by atoms with Gasteiger partial charge in [0.25, 0.3) is 5.91 Å². The number of nitrogens with one attached hydrogen (secondary N) is 2. The molecule has 0 saturated heterocycles. The molecule has 1 aromatic heterocycles. The minimum absolute atomic E-state index is 0.241. The Kier molecular flexibility index (Phi) is 5.11. The van der Waals surface area contributed by atoms with E-state index < -0.39 is 0 Å². The number of amides is 1. The summed E-state index contributed by atoms with van der Waals surface area (Å²) in [5, 5.41) is 5.62. The van der Waals surface area contributed by atoms with Crippen LogP contribution in [-0.4, -0.2) is 22.9 Å². The van der Waals surface area contributed by atoms with E-state index in [0.29, 0.717) is 11.5 Å². The van der Waals surface area contributed by atoms with Gasteiger partial charge in [0.15, 0.2) is 0 Å². The topological polar surface area (TPSA) is 66.9 Å². The second kappa shape index (κ2) is 6.64. The van der Waals surface area contributed by atoms with E-state index in [4.69, 9.17) is 0 Å². The summed E-state index contributed by atoms with van der Waals surface area (Å²) in [7, 11) is 1.74. The molecule has 0 atom stereocenters. The molecule has 0 saturated carbocycles. The van der Waals surface area contributed by atoms with E-state index in [1.54, 1.807) is 7.05 Å². The third-order valence-electron chi connectivity index (χ3n) is 2.39. The zero-order chi connectivity index (χ0) is 14.7. The Balaban J connectivity index is 2.23. The number of anilines is 2. The van der Waals surface area contributed by atoms with Crippen LogP contribution in [0.15, 0.2) is 37.9 Å². The van der Waals surface area contributed by atoms with Gasteiger partial charge in [0, 0.05) is 20.5 Å². The predicted octanol–water partition coefficient (Wildman–Crippen LogP) is 4.06. The van der Waals surface area contributed by atoms with Gasteiger partial charge in [0.2, 0.25) is 0 Å². The number of carbonyl (C=O) groups excluding carboxylic acids is 1. The minimum atomic E-state index is -0.330. The molecule has 1 heterocycles. The lowest BCUT2D eigenvalue weighted by atomic mass is 10.3. The monoisotopic (exact) mass is 462 g/mol. The average Bonchev–Trinajstić information content (AvgIpc) is 2.42. The van der Waals surface area contributed by atoms with Crippen LogP contribution in [0.4, 0.5) is 11.5 Å². The molecular formula is C12H9Br3N4O. The lowest BCUT2D eigenvalue weighted by molar-refractivity contribution is 0.102. The molecule has 104 valence electrons. The van der Waals surface area contributed by atoms with Gasteiger partial charge in [-0.1, -0.05) is 15.9 Å². The molecule has 0 unspecified atom stereocenters. The summed E-state index contributed by atoms with van der Waals surface area (Å²) >= 11 is 10.2. The zero-order valence-corrected chi connectivity index (χ0v) is 15.0. The first kappa shape index (κ1) is 15.4. The van der Waals surface area contributed by atoms with Gasteiger partial charge in [-0.3, -0.25) is 4.79 Å². The Morgan fingerprint density at radius 1 is 1.10 bits per heavy atom. The van der Waals surface area contributed by atoms with Crippen LogP contribution in [0, 0.1) is 0 Å². The van der Waals surface area contributed by atoms with Crippen LogP contribution in [0.2, 0.25) is 0 Å². The summed E-state index contributed by atoms with van der Waals surface area (Å²) in [4.78, 5) is 20.2. The summed E-state index contributed by atoms with van der Waals surface area (Å²) in [5.41, 5.74) is 0.878. The number of benzene rings is 1. The highest BCUT2D eigenvalue weighted by Crippen LogP contribution is 2.34. The van der Waals surface area contributed by atoms with Crippen LogP contribution < -0.4 is 10.6 Å². The number of aromatic nitrogens is 2. The van der Waals surface area contributed by atoms with Crippen molar-refractivity contribution < 1.29 is 4.79 Å². The van der Waals surface area contributed by atoms with Crippen molar-refractivity contribution in [1.82, 2.24) is 9.97 Å². The molecule has 0 radical (unpaired) electrons. The highest BCUT2D eigenvalue weighted by Gasteiger charge is 2.13. The maximum atomic E-state index is 12.1. The lowest BCUT2D eigenvalue weighted by Gasteiger charge is -2.10. The summed E-state index contributed by atoms with van der Waals surface area (Å²) in [5.74, 6) is 0.274. The Morgan fingerprint density at radius 2 is 1.75 bits per heavy atom. The Labute approximate surface area is 141 Å². The molecule has 2 rings (SSSR count). The SMILES string of the molecule is CNc1cnc(C(=O)Nc2c(Br)cc(Br)cc2Br)cn1. The standard InChI is InChI=1S/C12H9Br3N4O/c1-16-10-5-17-9(4-18-10)12(20)19-11-7(14)2-6(13)3-8(11)15/h2-5H,1H3,(H,16,18)(H,19,20). The van der Waals surface area contributed by atoms with E-state index in [-0.39, 0.29) is 11.6 Å². The van der Waals surface area contributed by atoms with Crippen molar-refractivity contribution >= 4 is 65.2 Å². The van der Waals surface area contributed by atoms with Crippen LogP contribution in [0.25, 0.3) is 0 Å². The molecule has 0 spiro atoms. The fourth-order valence-corrected chi connectivity index (χ4v) is 3.87. The van der Waals surface area contributed by atoms with Gasteiger partial charge in [0.05, 0.1) is 18.1 Å². The third-order valence-corrected chi connectivity index (χ3v) is 4.09. The lowest BCUT2D eigenvalue weighted by Crippen LogP contribution is -2.15. The fourth-order valence-electron chi connectivity index (χ4n) is 1.41. The highest BCUT2D eigenvalue weighted by molar-refractivity contribution is 9.11. The molecule has 2 aromatic rings. The average molecular weight is 465 g/mol. The second-order valence-electron chi connectivity index (χ2n) is 3.74. The summed E-state index contributed by atoms with van der Waals surface area (Å²) in [6, 6.07) is 3.69. The maximum Gasteiger partial charge on any atom is 0.275 e.